The summed E-state index contributed by atoms with van der Waals surface area (Å²) in [7, 11) is 1.93. The van der Waals surface area contributed by atoms with E-state index in [0.29, 0.717) is 6.10 Å². The second-order valence-corrected chi connectivity index (χ2v) is 3.19. The van der Waals surface area contributed by atoms with E-state index in [9.17, 15) is 0 Å². The minimum absolute atomic E-state index is 0.249. The first-order chi connectivity index (χ1) is 5.86. The molecule has 2 aliphatic heterocycles. The Morgan fingerprint density at radius 3 is 3.50 bits per heavy atom. The Balaban J connectivity index is 2.06. The SMILES string of the molecule is CN1N=CN=C2C1=CCC1OC21. The summed E-state index contributed by atoms with van der Waals surface area (Å²) in [4.78, 5) is 4.21. The lowest BCUT2D eigenvalue weighted by atomic mass is 10.0. The van der Waals surface area contributed by atoms with Crippen LogP contribution in [0.2, 0.25) is 0 Å². The predicted molar refractivity (Wildman–Crippen MR) is 45.1 cm³/mol. The minimum atomic E-state index is 0.249. The quantitative estimate of drug-likeness (QED) is 0.484. The highest BCUT2D eigenvalue weighted by atomic mass is 16.6. The van der Waals surface area contributed by atoms with Gasteiger partial charge in [-0.15, -0.1) is 0 Å². The monoisotopic (exact) mass is 163 g/mol. The van der Waals surface area contributed by atoms with E-state index in [-0.39, 0.29) is 6.10 Å². The van der Waals surface area contributed by atoms with Gasteiger partial charge < -0.3 is 4.74 Å². The summed E-state index contributed by atoms with van der Waals surface area (Å²) >= 11 is 0. The Morgan fingerprint density at radius 2 is 2.58 bits per heavy atom. The van der Waals surface area contributed by atoms with E-state index in [2.05, 4.69) is 16.2 Å². The van der Waals surface area contributed by atoms with Gasteiger partial charge in [-0.2, -0.15) is 5.10 Å². The molecule has 0 aromatic heterocycles. The molecule has 0 amide bonds. The second-order valence-electron chi connectivity index (χ2n) is 3.19. The van der Waals surface area contributed by atoms with E-state index in [4.69, 9.17) is 4.74 Å². The van der Waals surface area contributed by atoms with E-state index in [1.54, 1.807) is 6.34 Å². The topological polar surface area (TPSA) is 40.5 Å². The molecule has 2 atom stereocenters. The van der Waals surface area contributed by atoms with Crippen LogP contribution in [0, 0.1) is 0 Å². The van der Waals surface area contributed by atoms with Crippen molar-refractivity contribution in [3.63, 3.8) is 0 Å². The van der Waals surface area contributed by atoms with Crippen LogP contribution in [-0.2, 0) is 4.74 Å². The van der Waals surface area contributed by atoms with Gasteiger partial charge in [-0.3, -0.25) is 5.01 Å². The molecule has 62 valence electrons. The summed E-state index contributed by atoms with van der Waals surface area (Å²) in [5.41, 5.74) is 2.15. The number of fused-ring (bicyclic) bond motifs is 3. The van der Waals surface area contributed by atoms with Crippen molar-refractivity contribution < 1.29 is 4.74 Å². The van der Waals surface area contributed by atoms with E-state index in [1.165, 1.54) is 0 Å². The lowest BCUT2D eigenvalue weighted by Gasteiger charge is -2.22. The van der Waals surface area contributed by atoms with Gasteiger partial charge in [-0.25, -0.2) is 4.99 Å². The lowest BCUT2D eigenvalue weighted by Crippen LogP contribution is -2.29. The molecule has 1 fully saturated rings. The maximum absolute atomic E-state index is 5.42. The first-order valence-electron chi connectivity index (χ1n) is 4.06. The maximum atomic E-state index is 5.42. The molecule has 1 saturated heterocycles. The molecule has 0 aromatic rings. The zero-order valence-electron chi connectivity index (χ0n) is 6.77. The van der Waals surface area contributed by atoms with Gasteiger partial charge in [0.2, 0.25) is 0 Å². The number of hydrazone groups is 1. The Hall–Kier alpha value is -1.16. The van der Waals surface area contributed by atoms with Crippen molar-refractivity contribution in [1.82, 2.24) is 5.01 Å². The highest BCUT2D eigenvalue weighted by Gasteiger charge is 2.47. The Labute approximate surface area is 70.2 Å². The highest BCUT2D eigenvalue weighted by Crippen LogP contribution is 2.35. The van der Waals surface area contributed by atoms with Crippen LogP contribution < -0.4 is 0 Å². The molecule has 0 bridgehead atoms. The average molecular weight is 163 g/mol. The van der Waals surface area contributed by atoms with E-state index >= 15 is 0 Å². The van der Waals surface area contributed by atoms with Gasteiger partial charge in [0.1, 0.15) is 12.4 Å². The van der Waals surface area contributed by atoms with Crippen molar-refractivity contribution in [2.24, 2.45) is 10.1 Å². The predicted octanol–water partition coefficient (Wildman–Crippen LogP) is 0.371. The van der Waals surface area contributed by atoms with Gasteiger partial charge in [0.15, 0.2) is 0 Å². The third-order valence-corrected chi connectivity index (χ3v) is 2.43. The van der Waals surface area contributed by atoms with Gasteiger partial charge in [-0.05, 0) is 6.42 Å². The standard InChI is InChI=1S/C8H9N3O/c1-11-5-2-3-6-8(12-6)7(5)9-4-10-11/h2,4,6,8H,3H2,1H3. The third-order valence-electron chi connectivity index (χ3n) is 2.43. The normalized spacial score (nSPS) is 36.6. The largest absolute Gasteiger partial charge is 0.362 e. The number of ether oxygens (including phenoxy) is 1. The van der Waals surface area contributed by atoms with E-state index in [1.807, 2.05) is 12.1 Å². The van der Waals surface area contributed by atoms with Crippen LogP contribution >= 0.6 is 0 Å². The van der Waals surface area contributed by atoms with E-state index < -0.39 is 0 Å². The van der Waals surface area contributed by atoms with Gasteiger partial charge in [0, 0.05) is 7.05 Å². The fourth-order valence-electron chi connectivity index (χ4n) is 1.71. The second kappa shape index (κ2) is 1.95. The summed E-state index contributed by atoms with van der Waals surface area (Å²) in [6.07, 6.45) is 5.37. The van der Waals surface area contributed by atoms with Crippen molar-refractivity contribution in [3.05, 3.63) is 11.8 Å². The summed E-state index contributed by atoms with van der Waals surface area (Å²) < 4.78 is 5.42. The van der Waals surface area contributed by atoms with Crippen molar-refractivity contribution >= 4 is 12.1 Å². The lowest BCUT2D eigenvalue weighted by molar-refractivity contribution is 0.397. The van der Waals surface area contributed by atoms with Crippen LogP contribution in [0.4, 0.5) is 0 Å². The molecule has 0 radical (unpaired) electrons. The molecule has 0 aromatic carbocycles. The summed E-state index contributed by atoms with van der Waals surface area (Å²) in [6.45, 7) is 0. The fraction of sp³-hybridized carbons (Fsp3) is 0.500. The number of hydrogen-bond donors (Lipinski definition) is 0. The van der Waals surface area contributed by atoms with Crippen LogP contribution in [-0.4, -0.2) is 36.3 Å². The van der Waals surface area contributed by atoms with Gasteiger partial charge >= 0.3 is 0 Å². The minimum Gasteiger partial charge on any atom is -0.362 e. The molecular weight excluding hydrogens is 154 g/mol. The average Bonchev–Trinajstić information content (AvgIpc) is 2.83. The zero-order chi connectivity index (χ0) is 8.13. The molecule has 4 nitrogen and oxygen atoms in total. The van der Waals surface area contributed by atoms with Crippen molar-refractivity contribution in [1.29, 1.82) is 0 Å². The Bertz CT molecular complexity index is 318. The zero-order valence-corrected chi connectivity index (χ0v) is 6.77. The Kier molecular flexibility index (Phi) is 1.04. The number of epoxide rings is 1. The first-order valence-corrected chi connectivity index (χ1v) is 4.06. The molecular formula is C8H9N3O. The smallest absolute Gasteiger partial charge is 0.136 e. The van der Waals surface area contributed by atoms with Crippen LogP contribution in [0.1, 0.15) is 6.42 Å². The van der Waals surface area contributed by atoms with Gasteiger partial charge in [0.05, 0.1) is 17.5 Å². The van der Waals surface area contributed by atoms with E-state index in [0.717, 1.165) is 17.8 Å². The number of nitrogens with zero attached hydrogens (tertiary/aromatic N) is 3. The molecule has 4 heteroatoms. The number of rotatable bonds is 0. The van der Waals surface area contributed by atoms with Crippen LogP contribution in [0.25, 0.3) is 0 Å². The maximum Gasteiger partial charge on any atom is 0.136 e. The van der Waals surface area contributed by atoms with Gasteiger partial charge in [0.25, 0.3) is 0 Å². The van der Waals surface area contributed by atoms with Gasteiger partial charge in [-0.1, -0.05) is 6.08 Å². The van der Waals surface area contributed by atoms with Crippen LogP contribution in [0.15, 0.2) is 21.9 Å². The molecule has 0 N–H and O–H groups in total. The van der Waals surface area contributed by atoms with Crippen LogP contribution in [0.3, 0.4) is 0 Å². The molecule has 0 spiro atoms. The summed E-state index contributed by atoms with van der Waals surface area (Å²) in [5.74, 6) is 0. The molecule has 3 rings (SSSR count). The molecule has 1 aliphatic carbocycles. The number of aliphatic imine (C=N–C) groups is 1. The Morgan fingerprint density at radius 1 is 1.67 bits per heavy atom. The molecule has 12 heavy (non-hydrogen) atoms. The van der Waals surface area contributed by atoms with Crippen molar-refractivity contribution in [2.75, 3.05) is 7.05 Å². The van der Waals surface area contributed by atoms with Crippen molar-refractivity contribution in [3.8, 4) is 0 Å². The molecule has 0 saturated carbocycles. The molecule has 3 aliphatic rings. The van der Waals surface area contributed by atoms with Crippen molar-refractivity contribution in [2.45, 2.75) is 18.6 Å². The first kappa shape index (κ1) is 6.37. The highest BCUT2D eigenvalue weighted by molar-refractivity contribution is 6.09. The number of hydrogen-bond acceptors (Lipinski definition) is 4. The molecule has 2 unspecified atom stereocenters. The molecule has 2 heterocycles. The fourth-order valence-corrected chi connectivity index (χ4v) is 1.71. The third kappa shape index (κ3) is 0.701. The summed E-state index contributed by atoms with van der Waals surface area (Å²) in [6, 6.07) is 0. The summed E-state index contributed by atoms with van der Waals surface area (Å²) in [5, 5.41) is 5.91. The van der Waals surface area contributed by atoms with Crippen LogP contribution in [0.5, 0.6) is 0 Å².